The maximum absolute atomic E-state index is 11.7. The van der Waals surface area contributed by atoms with Gasteiger partial charge in [0.2, 0.25) is 0 Å². The first-order chi connectivity index (χ1) is 9.65. The van der Waals surface area contributed by atoms with Gasteiger partial charge in [-0.2, -0.15) is 0 Å². The molecule has 8 heteroatoms. The molecule has 1 aromatic rings. The minimum atomic E-state index is -1.10. The highest BCUT2D eigenvalue weighted by Gasteiger charge is 2.27. The summed E-state index contributed by atoms with van der Waals surface area (Å²) in [5, 5.41) is 24.6. The van der Waals surface area contributed by atoms with Crippen LogP contribution in [0, 0.1) is 22.5 Å². The van der Waals surface area contributed by atoms with E-state index in [2.05, 4.69) is 10.6 Å². The van der Waals surface area contributed by atoms with Crippen molar-refractivity contribution in [2.24, 2.45) is 5.41 Å². The minimum absolute atomic E-state index is 0.0673. The number of carbonyl (C=O) groups excluding carboxylic acids is 1. The Hall–Kier alpha value is -2.64. The summed E-state index contributed by atoms with van der Waals surface area (Å²) in [4.78, 5) is 32.9. The number of nitrogens with zero attached hydrogens (tertiary/aromatic N) is 1. The predicted molar refractivity (Wildman–Crippen MR) is 76.3 cm³/mol. The smallest absolute Gasteiger partial charge is 0.319 e. The molecule has 0 fully saturated rings. The van der Waals surface area contributed by atoms with Crippen LogP contribution >= 0.6 is 0 Å². The molecule has 0 heterocycles. The second-order valence-electron chi connectivity index (χ2n) is 5.20. The number of carbonyl (C=O) groups is 2. The summed E-state index contributed by atoms with van der Waals surface area (Å²) in [5.74, 6) is -1.03. The number of anilines is 1. The van der Waals surface area contributed by atoms with E-state index in [1.165, 1.54) is 39.0 Å². The molecule has 3 N–H and O–H groups in total. The van der Waals surface area contributed by atoms with Crippen molar-refractivity contribution < 1.29 is 19.6 Å². The number of hydrogen-bond donors (Lipinski definition) is 3. The first-order valence-corrected chi connectivity index (χ1v) is 6.17. The summed E-state index contributed by atoms with van der Waals surface area (Å²) in [6.45, 7) is 4.42. The van der Waals surface area contributed by atoms with Crippen molar-refractivity contribution in [3.8, 4) is 0 Å². The fraction of sp³-hybridized carbons (Fsp3) is 0.385. The van der Waals surface area contributed by atoms with Crippen LogP contribution in [0.4, 0.5) is 16.2 Å². The zero-order valence-corrected chi connectivity index (χ0v) is 12.0. The van der Waals surface area contributed by atoms with Crippen molar-refractivity contribution in [2.75, 3.05) is 11.9 Å². The highest BCUT2D eigenvalue weighted by molar-refractivity contribution is 5.91. The topological polar surface area (TPSA) is 122 Å². The van der Waals surface area contributed by atoms with Gasteiger partial charge in [-0.05, 0) is 26.8 Å². The molecule has 0 bridgehead atoms. The van der Waals surface area contributed by atoms with Gasteiger partial charge in [-0.25, -0.2) is 4.79 Å². The number of benzene rings is 1. The Morgan fingerprint density at radius 1 is 1.38 bits per heavy atom. The highest BCUT2D eigenvalue weighted by Crippen LogP contribution is 2.24. The summed E-state index contributed by atoms with van der Waals surface area (Å²) in [6.07, 6.45) is 0. The molecule has 0 saturated heterocycles. The van der Waals surface area contributed by atoms with Crippen molar-refractivity contribution >= 4 is 23.4 Å². The van der Waals surface area contributed by atoms with Crippen molar-refractivity contribution in [1.82, 2.24) is 5.32 Å². The van der Waals surface area contributed by atoms with Gasteiger partial charge in [0.15, 0.2) is 0 Å². The third-order valence-electron chi connectivity index (χ3n) is 3.02. The Morgan fingerprint density at radius 3 is 2.52 bits per heavy atom. The molecule has 0 aromatic heterocycles. The van der Waals surface area contributed by atoms with Crippen molar-refractivity contribution in [3.63, 3.8) is 0 Å². The van der Waals surface area contributed by atoms with Crippen LogP contribution in [0.25, 0.3) is 0 Å². The molecule has 0 unspecified atom stereocenters. The zero-order valence-electron chi connectivity index (χ0n) is 12.0. The van der Waals surface area contributed by atoms with E-state index in [0.29, 0.717) is 11.3 Å². The van der Waals surface area contributed by atoms with Gasteiger partial charge in [0.05, 0.1) is 21.6 Å². The van der Waals surface area contributed by atoms with Gasteiger partial charge >= 0.3 is 12.0 Å². The molecule has 114 valence electrons. The van der Waals surface area contributed by atoms with Crippen molar-refractivity contribution in [1.29, 1.82) is 0 Å². The van der Waals surface area contributed by atoms with Crippen molar-refractivity contribution in [2.45, 2.75) is 20.8 Å². The SMILES string of the molecule is Cc1c(NC(=O)NCC(C)(C)C(=O)O)cccc1[N+](=O)[O-]. The Balaban J connectivity index is 2.74. The second kappa shape index (κ2) is 6.21. The van der Waals surface area contributed by atoms with Crippen LogP contribution in [-0.4, -0.2) is 28.6 Å². The Morgan fingerprint density at radius 2 is 2.00 bits per heavy atom. The number of rotatable bonds is 5. The third-order valence-corrected chi connectivity index (χ3v) is 3.02. The quantitative estimate of drug-likeness (QED) is 0.567. The molecule has 8 nitrogen and oxygen atoms in total. The minimum Gasteiger partial charge on any atom is -0.481 e. The van der Waals surface area contributed by atoms with E-state index in [1.807, 2.05) is 0 Å². The van der Waals surface area contributed by atoms with Gasteiger partial charge in [-0.1, -0.05) is 6.07 Å². The van der Waals surface area contributed by atoms with Crippen LogP contribution in [0.5, 0.6) is 0 Å². The number of hydrogen-bond acceptors (Lipinski definition) is 4. The number of aliphatic carboxylic acids is 1. The van der Waals surface area contributed by atoms with Gasteiger partial charge in [-0.15, -0.1) is 0 Å². The monoisotopic (exact) mass is 295 g/mol. The molecule has 21 heavy (non-hydrogen) atoms. The van der Waals surface area contributed by atoms with Crippen LogP contribution in [0.1, 0.15) is 19.4 Å². The van der Waals surface area contributed by atoms with Gasteiger partial charge in [0, 0.05) is 12.6 Å². The summed E-state index contributed by atoms with van der Waals surface area (Å²) in [6, 6.07) is 3.71. The number of nitro benzene ring substituents is 1. The number of urea groups is 1. The Kier molecular flexibility index (Phi) is 4.85. The maximum atomic E-state index is 11.7. The molecule has 0 aliphatic rings. The first-order valence-electron chi connectivity index (χ1n) is 6.17. The van der Waals surface area contributed by atoms with E-state index in [9.17, 15) is 19.7 Å². The molecule has 1 aromatic carbocycles. The molecule has 0 spiro atoms. The molecule has 0 atom stereocenters. The lowest BCUT2D eigenvalue weighted by atomic mass is 9.94. The summed E-state index contributed by atoms with van der Waals surface area (Å²) in [7, 11) is 0. The van der Waals surface area contributed by atoms with Crippen LogP contribution in [-0.2, 0) is 4.79 Å². The average Bonchev–Trinajstić information content (AvgIpc) is 2.38. The van der Waals surface area contributed by atoms with E-state index in [4.69, 9.17) is 5.11 Å². The summed E-state index contributed by atoms with van der Waals surface area (Å²) >= 11 is 0. The number of nitro groups is 1. The number of carboxylic acid groups (broad SMARTS) is 1. The fourth-order valence-electron chi connectivity index (χ4n) is 1.50. The van der Waals surface area contributed by atoms with Crippen LogP contribution in [0.15, 0.2) is 18.2 Å². The van der Waals surface area contributed by atoms with E-state index in [0.717, 1.165) is 0 Å². The molecule has 0 saturated carbocycles. The van der Waals surface area contributed by atoms with Crippen LogP contribution < -0.4 is 10.6 Å². The first kappa shape index (κ1) is 16.4. The van der Waals surface area contributed by atoms with E-state index < -0.39 is 22.3 Å². The number of nitrogens with one attached hydrogen (secondary N) is 2. The highest BCUT2D eigenvalue weighted by atomic mass is 16.6. The number of amides is 2. The van der Waals surface area contributed by atoms with Gasteiger partial charge < -0.3 is 15.7 Å². The van der Waals surface area contributed by atoms with E-state index >= 15 is 0 Å². The normalized spacial score (nSPS) is 10.8. The third kappa shape index (κ3) is 4.16. The summed E-state index contributed by atoms with van der Waals surface area (Å²) in [5.41, 5.74) is -0.571. The molecule has 0 radical (unpaired) electrons. The molecular weight excluding hydrogens is 278 g/mol. The second-order valence-corrected chi connectivity index (χ2v) is 5.20. The Bertz CT molecular complexity index is 583. The van der Waals surface area contributed by atoms with E-state index in [-0.39, 0.29) is 12.2 Å². The molecule has 0 aliphatic carbocycles. The molecule has 1 rings (SSSR count). The van der Waals surface area contributed by atoms with Crippen LogP contribution in [0.2, 0.25) is 0 Å². The van der Waals surface area contributed by atoms with Crippen LogP contribution in [0.3, 0.4) is 0 Å². The predicted octanol–water partition coefficient (Wildman–Crippen LogP) is 2.14. The molecular formula is C13H17N3O5. The van der Waals surface area contributed by atoms with Gasteiger partial charge in [0.25, 0.3) is 5.69 Å². The van der Waals surface area contributed by atoms with Crippen molar-refractivity contribution in [3.05, 3.63) is 33.9 Å². The Labute approximate surface area is 121 Å². The largest absolute Gasteiger partial charge is 0.481 e. The summed E-state index contributed by atoms with van der Waals surface area (Å²) < 4.78 is 0. The lowest BCUT2D eigenvalue weighted by molar-refractivity contribution is -0.385. The number of carboxylic acids is 1. The fourth-order valence-corrected chi connectivity index (χ4v) is 1.50. The average molecular weight is 295 g/mol. The lowest BCUT2D eigenvalue weighted by Gasteiger charge is -2.19. The zero-order chi connectivity index (χ0) is 16.2. The molecule has 2 amide bonds. The van der Waals surface area contributed by atoms with Gasteiger partial charge in [-0.3, -0.25) is 14.9 Å². The maximum Gasteiger partial charge on any atom is 0.319 e. The lowest BCUT2D eigenvalue weighted by Crippen LogP contribution is -2.40. The molecule has 0 aliphatic heterocycles. The van der Waals surface area contributed by atoms with Gasteiger partial charge in [0.1, 0.15) is 0 Å². The standard InChI is InChI=1S/C13H17N3O5/c1-8-9(5-4-6-10(8)16(20)21)15-12(19)14-7-13(2,3)11(17)18/h4-6H,7H2,1-3H3,(H,17,18)(H2,14,15,19). The van der Waals surface area contributed by atoms with E-state index in [1.54, 1.807) is 0 Å².